The smallest absolute Gasteiger partial charge is 0.360 e. The second-order valence-corrected chi connectivity index (χ2v) is 6.63. The monoisotopic (exact) mass is 380 g/mol. The maximum Gasteiger partial charge on any atom is 0.360 e. The summed E-state index contributed by atoms with van der Waals surface area (Å²) in [5, 5.41) is 23.0. The molecule has 0 aliphatic rings. The van der Waals surface area contributed by atoms with Crippen molar-refractivity contribution in [3.05, 3.63) is 70.1 Å². The standard InChI is InChI=1S/C21H20N2O5/c1-12(2)28-18-9-8-13(3)10-15(18)14-6-4-5-7-16(14)23-11-17(24)20(25)19(22-23)21(26)27/h4-12,24H,1-3H3,(H,26,27). The van der Waals surface area contributed by atoms with Gasteiger partial charge in [0.05, 0.1) is 18.0 Å². The molecule has 0 spiro atoms. The van der Waals surface area contributed by atoms with E-state index in [0.29, 0.717) is 17.0 Å². The Hall–Kier alpha value is -3.61. The number of nitrogens with zero attached hydrogens (tertiary/aromatic N) is 2. The Morgan fingerprint density at radius 2 is 1.86 bits per heavy atom. The van der Waals surface area contributed by atoms with Crippen LogP contribution in [0.5, 0.6) is 11.5 Å². The van der Waals surface area contributed by atoms with E-state index in [9.17, 15) is 19.8 Å². The zero-order chi connectivity index (χ0) is 20.4. The number of aromatic hydroxyl groups is 1. The predicted octanol–water partition coefficient (Wildman–Crippen LogP) is 3.40. The number of para-hydroxylation sites is 1. The lowest BCUT2D eigenvalue weighted by molar-refractivity contribution is 0.0686. The van der Waals surface area contributed by atoms with Gasteiger partial charge in [0.25, 0.3) is 5.43 Å². The van der Waals surface area contributed by atoms with Gasteiger partial charge >= 0.3 is 5.97 Å². The predicted molar refractivity (Wildman–Crippen MR) is 104 cm³/mol. The van der Waals surface area contributed by atoms with Crippen LogP contribution >= 0.6 is 0 Å². The molecule has 3 rings (SSSR count). The molecule has 0 bridgehead atoms. The Kier molecular flexibility index (Phi) is 5.17. The number of benzene rings is 2. The normalized spacial score (nSPS) is 10.9. The lowest BCUT2D eigenvalue weighted by atomic mass is 10.0. The molecule has 28 heavy (non-hydrogen) atoms. The van der Waals surface area contributed by atoms with Crippen molar-refractivity contribution in [2.75, 3.05) is 0 Å². The molecule has 7 heteroatoms. The van der Waals surface area contributed by atoms with Crippen LogP contribution in [0.15, 0.2) is 53.5 Å². The fourth-order valence-electron chi connectivity index (χ4n) is 2.85. The summed E-state index contributed by atoms with van der Waals surface area (Å²) in [7, 11) is 0. The summed E-state index contributed by atoms with van der Waals surface area (Å²) in [5.41, 5.74) is 1.25. The first-order valence-corrected chi connectivity index (χ1v) is 8.71. The highest BCUT2D eigenvalue weighted by molar-refractivity contribution is 5.85. The Labute approximate surface area is 161 Å². The van der Waals surface area contributed by atoms with Crippen molar-refractivity contribution in [3.8, 4) is 28.3 Å². The van der Waals surface area contributed by atoms with Crippen molar-refractivity contribution in [1.29, 1.82) is 0 Å². The molecule has 0 saturated carbocycles. The number of hydrogen-bond acceptors (Lipinski definition) is 5. The van der Waals surface area contributed by atoms with E-state index < -0.39 is 22.8 Å². The molecule has 3 aromatic rings. The third-order valence-corrected chi connectivity index (χ3v) is 4.04. The molecule has 0 atom stereocenters. The minimum absolute atomic E-state index is 0.0400. The fraction of sp³-hybridized carbons (Fsp3) is 0.190. The highest BCUT2D eigenvalue weighted by Crippen LogP contribution is 2.35. The Bertz CT molecular complexity index is 1100. The molecule has 0 fully saturated rings. The first kappa shape index (κ1) is 19.2. The van der Waals surface area contributed by atoms with E-state index in [1.165, 1.54) is 4.68 Å². The second kappa shape index (κ2) is 7.56. The molecular formula is C21H20N2O5. The number of carboxylic acid groups (broad SMARTS) is 1. The molecule has 2 N–H and O–H groups in total. The van der Waals surface area contributed by atoms with Gasteiger partial charge < -0.3 is 14.9 Å². The molecule has 0 saturated heterocycles. The quantitative estimate of drug-likeness (QED) is 0.703. The van der Waals surface area contributed by atoms with E-state index >= 15 is 0 Å². The van der Waals surface area contributed by atoms with Crippen LogP contribution in [0.2, 0.25) is 0 Å². The Morgan fingerprint density at radius 3 is 2.54 bits per heavy atom. The number of aromatic nitrogens is 2. The van der Waals surface area contributed by atoms with Gasteiger partial charge in [0, 0.05) is 11.1 Å². The number of ether oxygens (including phenoxy) is 1. The molecule has 1 heterocycles. The molecule has 0 amide bonds. The molecule has 0 radical (unpaired) electrons. The summed E-state index contributed by atoms with van der Waals surface area (Å²) in [6, 6.07) is 12.9. The zero-order valence-electron chi connectivity index (χ0n) is 15.7. The van der Waals surface area contributed by atoms with Crippen LogP contribution in [-0.2, 0) is 0 Å². The molecule has 7 nitrogen and oxygen atoms in total. The van der Waals surface area contributed by atoms with Crippen LogP contribution < -0.4 is 10.2 Å². The van der Waals surface area contributed by atoms with Gasteiger partial charge in [0.2, 0.25) is 5.69 Å². The van der Waals surface area contributed by atoms with Crippen LogP contribution in [-0.4, -0.2) is 32.1 Å². The number of carboxylic acids is 1. The van der Waals surface area contributed by atoms with Gasteiger partial charge in [-0.25, -0.2) is 9.48 Å². The van der Waals surface area contributed by atoms with E-state index in [1.807, 2.05) is 51.1 Å². The second-order valence-electron chi connectivity index (χ2n) is 6.63. The third-order valence-electron chi connectivity index (χ3n) is 4.04. The maximum absolute atomic E-state index is 11.8. The number of rotatable bonds is 5. The van der Waals surface area contributed by atoms with Gasteiger partial charge in [0.1, 0.15) is 5.75 Å². The summed E-state index contributed by atoms with van der Waals surface area (Å²) in [6.45, 7) is 5.81. The van der Waals surface area contributed by atoms with Crippen molar-refractivity contribution in [2.24, 2.45) is 0 Å². The molecule has 0 unspecified atom stereocenters. The van der Waals surface area contributed by atoms with E-state index in [-0.39, 0.29) is 6.10 Å². The average Bonchev–Trinajstić information content (AvgIpc) is 2.64. The number of carbonyl (C=O) groups is 1. The van der Waals surface area contributed by atoms with Crippen molar-refractivity contribution in [3.63, 3.8) is 0 Å². The van der Waals surface area contributed by atoms with Gasteiger partial charge in [-0.1, -0.05) is 29.8 Å². The number of hydrogen-bond donors (Lipinski definition) is 2. The lowest BCUT2D eigenvalue weighted by Gasteiger charge is -2.18. The topological polar surface area (TPSA) is 102 Å². The number of aromatic carboxylic acids is 1. The van der Waals surface area contributed by atoms with Crippen LogP contribution in [0.1, 0.15) is 29.9 Å². The number of aryl methyl sites for hydroxylation is 1. The Balaban J connectivity index is 2.26. The van der Waals surface area contributed by atoms with E-state index in [4.69, 9.17) is 4.74 Å². The summed E-state index contributed by atoms with van der Waals surface area (Å²) < 4.78 is 7.12. The van der Waals surface area contributed by atoms with Crippen molar-refractivity contribution in [2.45, 2.75) is 26.9 Å². The lowest BCUT2D eigenvalue weighted by Crippen LogP contribution is -2.21. The summed E-state index contributed by atoms with van der Waals surface area (Å²) in [4.78, 5) is 23.2. The molecule has 0 aliphatic carbocycles. The Morgan fingerprint density at radius 1 is 1.14 bits per heavy atom. The SMILES string of the molecule is Cc1ccc(OC(C)C)c(-c2ccccc2-n2cc(O)c(=O)c(C(=O)O)n2)c1. The van der Waals surface area contributed by atoms with Crippen LogP contribution in [0.4, 0.5) is 0 Å². The van der Waals surface area contributed by atoms with E-state index in [1.54, 1.807) is 12.1 Å². The zero-order valence-corrected chi connectivity index (χ0v) is 15.7. The first-order valence-electron chi connectivity index (χ1n) is 8.71. The molecule has 2 aromatic carbocycles. The largest absolute Gasteiger partial charge is 0.503 e. The van der Waals surface area contributed by atoms with Crippen LogP contribution in [0.25, 0.3) is 16.8 Å². The van der Waals surface area contributed by atoms with Gasteiger partial charge in [-0.05, 0) is 39.0 Å². The summed E-state index contributed by atoms with van der Waals surface area (Å²) >= 11 is 0. The van der Waals surface area contributed by atoms with E-state index in [2.05, 4.69) is 5.10 Å². The molecule has 1 aromatic heterocycles. The van der Waals surface area contributed by atoms with Crippen LogP contribution in [0.3, 0.4) is 0 Å². The highest BCUT2D eigenvalue weighted by atomic mass is 16.5. The highest BCUT2D eigenvalue weighted by Gasteiger charge is 2.19. The van der Waals surface area contributed by atoms with Crippen molar-refractivity contribution >= 4 is 5.97 Å². The summed E-state index contributed by atoms with van der Waals surface area (Å²) in [6.07, 6.45) is 1.06. The molecular weight excluding hydrogens is 360 g/mol. The van der Waals surface area contributed by atoms with E-state index in [0.717, 1.165) is 17.3 Å². The average molecular weight is 380 g/mol. The van der Waals surface area contributed by atoms with Gasteiger partial charge in [-0.3, -0.25) is 4.79 Å². The maximum atomic E-state index is 11.8. The van der Waals surface area contributed by atoms with Crippen molar-refractivity contribution in [1.82, 2.24) is 9.78 Å². The molecule has 144 valence electrons. The van der Waals surface area contributed by atoms with Gasteiger partial charge in [0.15, 0.2) is 5.75 Å². The third kappa shape index (κ3) is 3.73. The van der Waals surface area contributed by atoms with Gasteiger partial charge in [-0.15, -0.1) is 0 Å². The summed E-state index contributed by atoms with van der Waals surface area (Å²) in [5.74, 6) is -1.53. The fourth-order valence-corrected chi connectivity index (χ4v) is 2.85. The van der Waals surface area contributed by atoms with Crippen molar-refractivity contribution < 1.29 is 19.7 Å². The first-order chi connectivity index (χ1) is 13.3. The molecule has 0 aliphatic heterocycles. The van der Waals surface area contributed by atoms with Gasteiger partial charge in [-0.2, -0.15) is 5.10 Å². The van der Waals surface area contributed by atoms with Crippen LogP contribution in [0, 0.1) is 6.92 Å². The minimum Gasteiger partial charge on any atom is -0.503 e. The minimum atomic E-state index is -1.51.